The van der Waals surface area contributed by atoms with Crippen LogP contribution >= 0.6 is 0 Å². The molecule has 0 aliphatic rings. The molecule has 0 heterocycles. The first-order valence-corrected chi connectivity index (χ1v) is 8.95. The van der Waals surface area contributed by atoms with Crippen LogP contribution in [-0.2, 0) is 19.1 Å². The van der Waals surface area contributed by atoms with Crippen molar-refractivity contribution in [3.05, 3.63) is 35.9 Å². The normalized spacial score (nSPS) is 10.7. The van der Waals surface area contributed by atoms with Crippen LogP contribution in [0.1, 0.15) is 32.3 Å². The van der Waals surface area contributed by atoms with Gasteiger partial charge in [0.25, 0.3) is 0 Å². The minimum absolute atomic E-state index is 0.145. The average Bonchev–Trinajstić information content (AvgIpc) is 2.66. The molecule has 0 aliphatic carbocycles. The molecule has 144 valence electrons. The summed E-state index contributed by atoms with van der Waals surface area (Å²) >= 11 is 0. The van der Waals surface area contributed by atoms with E-state index in [1.54, 1.807) is 25.0 Å². The standard InChI is InChI=1S/C20H29NO5/c1-4-25-15-7-13-21(14-12-20(23)26-5-2)19(22)11-10-17-8-6-9-18(16-17)24-3/h6,8-11,16H,4-5,7,12-15H2,1-3H3/b11-10+. The van der Waals surface area contributed by atoms with Gasteiger partial charge in [-0.1, -0.05) is 12.1 Å². The predicted octanol–water partition coefficient (Wildman–Crippen LogP) is 2.92. The van der Waals surface area contributed by atoms with Crippen LogP contribution in [-0.4, -0.2) is 56.8 Å². The number of amides is 1. The first kappa shape index (κ1) is 21.7. The largest absolute Gasteiger partial charge is 0.497 e. The minimum Gasteiger partial charge on any atom is -0.497 e. The zero-order valence-electron chi connectivity index (χ0n) is 15.9. The average molecular weight is 363 g/mol. The number of hydrogen-bond donors (Lipinski definition) is 0. The molecule has 0 unspecified atom stereocenters. The van der Waals surface area contributed by atoms with Crippen molar-refractivity contribution in [2.24, 2.45) is 0 Å². The molecule has 0 saturated carbocycles. The molecule has 1 aromatic rings. The molecule has 1 amide bonds. The third-order valence-electron chi connectivity index (χ3n) is 3.64. The topological polar surface area (TPSA) is 65.1 Å². The van der Waals surface area contributed by atoms with Crippen LogP contribution in [0.3, 0.4) is 0 Å². The SMILES string of the molecule is CCOCCCN(CCC(=O)OCC)C(=O)/C=C/c1cccc(OC)c1. The molecule has 0 fully saturated rings. The Bertz CT molecular complexity index is 585. The van der Waals surface area contributed by atoms with Gasteiger partial charge in [0, 0.05) is 32.4 Å². The molecule has 26 heavy (non-hydrogen) atoms. The van der Waals surface area contributed by atoms with Crippen molar-refractivity contribution in [2.75, 3.05) is 40.0 Å². The number of benzene rings is 1. The highest BCUT2D eigenvalue weighted by Crippen LogP contribution is 2.14. The molecule has 0 aliphatic heterocycles. The lowest BCUT2D eigenvalue weighted by molar-refractivity contribution is -0.143. The van der Waals surface area contributed by atoms with Crippen molar-refractivity contribution in [3.8, 4) is 5.75 Å². The quantitative estimate of drug-likeness (QED) is 0.325. The number of rotatable bonds is 12. The molecule has 0 atom stereocenters. The zero-order valence-corrected chi connectivity index (χ0v) is 15.9. The van der Waals surface area contributed by atoms with Gasteiger partial charge < -0.3 is 19.1 Å². The lowest BCUT2D eigenvalue weighted by Gasteiger charge is -2.20. The lowest BCUT2D eigenvalue weighted by atomic mass is 10.2. The van der Waals surface area contributed by atoms with E-state index in [0.717, 1.165) is 17.7 Å². The summed E-state index contributed by atoms with van der Waals surface area (Å²) in [6, 6.07) is 7.45. The summed E-state index contributed by atoms with van der Waals surface area (Å²) < 4.78 is 15.4. The van der Waals surface area contributed by atoms with E-state index in [1.807, 2.05) is 31.2 Å². The van der Waals surface area contributed by atoms with E-state index in [2.05, 4.69) is 0 Å². The van der Waals surface area contributed by atoms with Crippen LogP contribution in [0.5, 0.6) is 5.75 Å². The Morgan fingerprint density at radius 1 is 1.15 bits per heavy atom. The van der Waals surface area contributed by atoms with Gasteiger partial charge in [-0.15, -0.1) is 0 Å². The van der Waals surface area contributed by atoms with E-state index in [0.29, 0.717) is 32.9 Å². The number of carbonyl (C=O) groups excluding carboxylic acids is 2. The second-order valence-corrected chi connectivity index (χ2v) is 5.54. The number of esters is 1. The summed E-state index contributed by atoms with van der Waals surface area (Å²) in [4.78, 5) is 25.7. The predicted molar refractivity (Wildman–Crippen MR) is 101 cm³/mol. The van der Waals surface area contributed by atoms with Gasteiger partial charge in [0.2, 0.25) is 5.91 Å². The fourth-order valence-corrected chi connectivity index (χ4v) is 2.31. The van der Waals surface area contributed by atoms with Crippen molar-refractivity contribution >= 4 is 18.0 Å². The second kappa shape index (κ2) is 12.9. The maximum Gasteiger partial charge on any atom is 0.307 e. The maximum absolute atomic E-state index is 12.5. The zero-order chi connectivity index (χ0) is 19.2. The van der Waals surface area contributed by atoms with Crippen molar-refractivity contribution in [1.82, 2.24) is 4.90 Å². The Morgan fingerprint density at radius 2 is 1.96 bits per heavy atom. The molecule has 0 aromatic heterocycles. The second-order valence-electron chi connectivity index (χ2n) is 5.54. The third kappa shape index (κ3) is 8.67. The first-order valence-electron chi connectivity index (χ1n) is 8.95. The molecule has 0 radical (unpaired) electrons. The van der Waals surface area contributed by atoms with Crippen LogP contribution < -0.4 is 4.74 Å². The summed E-state index contributed by atoms with van der Waals surface area (Å²) in [6.45, 7) is 6.12. The monoisotopic (exact) mass is 363 g/mol. The highest BCUT2D eigenvalue weighted by Gasteiger charge is 2.13. The van der Waals surface area contributed by atoms with Gasteiger partial charge in [0.1, 0.15) is 5.75 Å². The van der Waals surface area contributed by atoms with Crippen LogP contribution in [0, 0.1) is 0 Å². The Labute approximate surface area is 155 Å². The summed E-state index contributed by atoms with van der Waals surface area (Å²) in [6.07, 6.45) is 4.15. The van der Waals surface area contributed by atoms with Crippen molar-refractivity contribution in [2.45, 2.75) is 26.7 Å². The van der Waals surface area contributed by atoms with Crippen molar-refractivity contribution in [1.29, 1.82) is 0 Å². The Balaban J connectivity index is 2.67. The summed E-state index contributed by atoms with van der Waals surface area (Å²) in [5.74, 6) is 0.288. The van der Waals surface area contributed by atoms with Crippen LogP contribution in [0.4, 0.5) is 0 Å². The number of hydrogen-bond acceptors (Lipinski definition) is 5. The number of methoxy groups -OCH3 is 1. The molecular formula is C20H29NO5. The van der Waals surface area contributed by atoms with Crippen molar-refractivity contribution < 1.29 is 23.8 Å². The molecule has 1 rings (SSSR count). The van der Waals surface area contributed by atoms with Gasteiger partial charge in [-0.25, -0.2) is 0 Å². The van der Waals surface area contributed by atoms with Gasteiger partial charge in [0.05, 0.1) is 20.1 Å². The molecule has 0 N–H and O–H groups in total. The Kier molecular flexibility index (Phi) is 10.8. The Morgan fingerprint density at radius 3 is 2.65 bits per heavy atom. The van der Waals surface area contributed by atoms with Crippen LogP contribution in [0.2, 0.25) is 0 Å². The molecule has 1 aromatic carbocycles. The van der Waals surface area contributed by atoms with E-state index in [1.165, 1.54) is 6.08 Å². The van der Waals surface area contributed by atoms with Crippen LogP contribution in [0.25, 0.3) is 6.08 Å². The van der Waals surface area contributed by atoms with Crippen LogP contribution in [0.15, 0.2) is 30.3 Å². The molecule has 6 nitrogen and oxygen atoms in total. The molecule has 0 spiro atoms. The molecule has 0 saturated heterocycles. The van der Waals surface area contributed by atoms with Gasteiger partial charge in [-0.05, 0) is 44.0 Å². The third-order valence-corrected chi connectivity index (χ3v) is 3.64. The number of nitrogens with zero attached hydrogens (tertiary/aromatic N) is 1. The van der Waals surface area contributed by atoms with E-state index in [9.17, 15) is 9.59 Å². The highest BCUT2D eigenvalue weighted by atomic mass is 16.5. The van der Waals surface area contributed by atoms with Gasteiger partial charge >= 0.3 is 5.97 Å². The van der Waals surface area contributed by atoms with Gasteiger partial charge in [-0.2, -0.15) is 0 Å². The summed E-state index contributed by atoms with van der Waals surface area (Å²) in [5.41, 5.74) is 0.873. The Hall–Kier alpha value is -2.34. The summed E-state index contributed by atoms with van der Waals surface area (Å²) in [7, 11) is 1.60. The minimum atomic E-state index is -0.299. The van der Waals surface area contributed by atoms with Gasteiger partial charge in [-0.3, -0.25) is 9.59 Å². The number of ether oxygens (including phenoxy) is 3. The van der Waals surface area contributed by atoms with E-state index < -0.39 is 0 Å². The van der Waals surface area contributed by atoms with Gasteiger partial charge in [0.15, 0.2) is 0 Å². The fourth-order valence-electron chi connectivity index (χ4n) is 2.31. The first-order chi connectivity index (χ1) is 12.6. The molecular weight excluding hydrogens is 334 g/mol. The highest BCUT2D eigenvalue weighted by molar-refractivity contribution is 5.92. The van der Waals surface area contributed by atoms with E-state index in [4.69, 9.17) is 14.2 Å². The summed E-state index contributed by atoms with van der Waals surface area (Å²) in [5, 5.41) is 0. The molecule has 0 bridgehead atoms. The number of carbonyl (C=O) groups is 2. The van der Waals surface area contributed by atoms with E-state index in [-0.39, 0.29) is 18.3 Å². The van der Waals surface area contributed by atoms with E-state index >= 15 is 0 Å². The smallest absolute Gasteiger partial charge is 0.307 e. The maximum atomic E-state index is 12.5. The lowest BCUT2D eigenvalue weighted by Crippen LogP contribution is -2.33. The molecule has 6 heteroatoms. The van der Waals surface area contributed by atoms with Crippen molar-refractivity contribution in [3.63, 3.8) is 0 Å². The fraction of sp³-hybridized carbons (Fsp3) is 0.500.